The molecule has 3 nitrogen and oxygen atoms in total. The van der Waals surface area contributed by atoms with Crippen molar-refractivity contribution < 1.29 is 18.0 Å². The van der Waals surface area contributed by atoms with E-state index in [1.165, 1.54) is 12.1 Å². The van der Waals surface area contributed by atoms with Crippen LogP contribution in [0.2, 0.25) is 0 Å². The smallest absolute Gasteiger partial charge is 0.342 e. The molecule has 2 heterocycles. The number of likely N-dealkylation sites (tertiary alicyclic amines) is 1. The Balaban J connectivity index is 1.66. The van der Waals surface area contributed by atoms with Crippen LogP contribution in [0, 0.1) is 0 Å². The molecule has 126 valence electrons. The number of hydrogen-bond acceptors (Lipinski definition) is 2. The summed E-state index contributed by atoms with van der Waals surface area (Å²) in [6.45, 7) is 1.03. The molecule has 1 aromatic heterocycles. The van der Waals surface area contributed by atoms with Crippen molar-refractivity contribution in [2.75, 3.05) is 13.1 Å². The molecule has 1 amide bonds. The van der Waals surface area contributed by atoms with E-state index >= 15 is 0 Å². The minimum absolute atomic E-state index is 0.0162. The molecule has 1 fully saturated rings. The number of alkyl halides is 3. The summed E-state index contributed by atoms with van der Waals surface area (Å²) in [6, 6.07) is 9.01. The van der Waals surface area contributed by atoms with Crippen LogP contribution in [0.1, 0.15) is 29.0 Å². The number of rotatable bonds is 3. The zero-order valence-corrected chi connectivity index (χ0v) is 13.0. The zero-order valence-electron chi connectivity index (χ0n) is 13.0. The maximum Gasteiger partial charge on any atom is 0.416 e. The molecular formula is C18H17F3N2O. The summed E-state index contributed by atoms with van der Waals surface area (Å²) in [5, 5.41) is 0. The van der Waals surface area contributed by atoms with E-state index < -0.39 is 11.7 Å². The normalized spacial score (nSPS) is 18.0. The molecule has 0 N–H and O–H groups in total. The van der Waals surface area contributed by atoms with Crippen LogP contribution in [0.4, 0.5) is 13.2 Å². The highest BCUT2D eigenvalue weighted by molar-refractivity contribution is 5.79. The molecule has 0 saturated carbocycles. The standard InChI is InChI=1S/C18H17F3N2O/c19-18(20,21)16-5-1-4-14(10-16)15-6-8-23(12-15)17(24)9-13-3-2-7-22-11-13/h1-5,7,10-11,15H,6,8-9,12H2/t15-/m0/s1. The van der Waals surface area contributed by atoms with Gasteiger partial charge in [-0.3, -0.25) is 9.78 Å². The van der Waals surface area contributed by atoms with Gasteiger partial charge < -0.3 is 4.90 Å². The maximum atomic E-state index is 12.8. The molecule has 0 bridgehead atoms. The van der Waals surface area contributed by atoms with E-state index in [-0.39, 0.29) is 18.2 Å². The van der Waals surface area contributed by atoms with Gasteiger partial charge in [0.15, 0.2) is 0 Å². The van der Waals surface area contributed by atoms with E-state index in [9.17, 15) is 18.0 Å². The van der Waals surface area contributed by atoms with E-state index in [2.05, 4.69) is 4.98 Å². The lowest BCUT2D eigenvalue weighted by Gasteiger charge is -2.17. The average molecular weight is 334 g/mol. The third-order valence-corrected chi connectivity index (χ3v) is 4.30. The van der Waals surface area contributed by atoms with Crippen molar-refractivity contribution in [3.63, 3.8) is 0 Å². The van der Waals surface area contributed by atoms with Crippen molar-refractivity contribution in [3.05, 3.63) is 65.5 Å². The van der Waals surface area contributed by atoms with E-state index in [1.807, 2.05) is 6.07 Å². The first kappa shape index (κ1) is 16.5. The largest absolute Gasteiger partial charge is 0.416 e. The third-order valence-electron chi connectivity index (χ3n) is 4.30. The number of aromatic nitrogens is 1. The first-order chi connectivity index (χ1) is 11.4. The Morgan fingerprint density at radius 2 is 2.08 bits per heavy atom. The highest BCUT2D eigenvalue weighted by atomic mass is 19.4. The van der Waals surface area contributed by atoms with Crippen LogP contribution in [0.15, 0.2) is 48.8 Å². The summed E-state index contributed by atoms with van der Waals surface area (Å²) in [5.41, 5.74) is 0.839. The van der Waals surface area contributed by atoms with Crippen LogP contribution in [0.3, 0.4) is 0 Å². The molecule has 2 aromatic rings. The lowest BCUT2D eigenvalue weighted by molar-refractivity contribution is -0.137. The molecule has 3 rings (SSSR count). The van der Waals surface area contributed by atoms with Crippen LogP contribution in [-0.2, 0) is 17.4 Å². The van der Waals surface area contributed by atoms with Crippen molar-refractivity contribution in [3.8, 4) is 0 Å². The quantitative estimate of drug-likeness (QED) is 0.858. The molecule has 6 heteroatoms. The van der Waals surface area contributed by atoms with Crippen LogP contribution in [0.25, 0.3) is 0 Å². The minimum atomic E-state index is -4.34. The Labute approximate surface area is 138 Å². The first-order valence-electron chi connectivity index (χ1n) is 7.77. The van der Waals surface area contributed by atoms with Gasteiger partial charge in [-0.25, -0.2) is 0 Å². The summed E-state index contributed by atoms with van der Waals surface area (Å²) in [6.07, 6.45) is -0.0978. The molecule has 1 aliphatic rings. The van der Waals surface area contributed by atoms with Gasteiger partial charge in [0, 0.05) is 31.4 Å². The fraction of sp³-hybridized carbons (Fsp3) is 0.333. The lowest BCUT2D eigenvalue weighted by atomic mass is 9.96. The number of halogens is 3. The lowest BCUT2D eigenvalue weighted by Crippen LogP contribution is -2.29. The predicted octanol–water partition coefficient (Wildman–Crippen LogP) is 3.66. The van der Waals surface area contributed by atoms with E-state index in [4.69, 9.17) is 0 Å². The highest BCUT2D eigenvalue weighted by Gasteiger charge is 2.32. The van der Waals surface area contributed by atoms with Gasteiger partial charge in [0.2, 0.25) is 5.91 Å². The predicted molar refractivity (Wildman–Crippen MR) is 83.3 cm³/mol. The van der Waals surface area contributed by atoms with Crippen LogP contribution in [0.5, 0.6) is 0 Å². The maximum absolute atomic E-state index is 12.8. The Morgan fingerprint density at radius 3 is 2.79 bits per heavy atom. The summed E-state index contributed by atoms with van der Waals surface area (Å²) in [5.74, 6) is -0.0670. The Hall–Kier alpha value is -2.37. The third kappa shape index (κ3) is 3.75. The number of carbonyl (C=O) groups excluding carboxylic acids is 1. The average Bonchev–Trinajstić information content (AvgIpc) is 3.05. The first-order valence-corrected chi connectivity index (χ1v) is 7.77. The summed E-state index contributed by atoms with van der Waals surface area (Å²) < 4.78 is 38.5. The number of nitrogens with zero attached hydrogens (tertiary/aromatic N) is 2. The fourth-order valence-corrected chi connectivity index (χ4v) is 3.02. The van der Waals surface area contributed by atoms with Gasteiger partial charge in [0.05, 0.1) is 12.0 Å². The molecule has 1 aromatic carbocycles. The molecule has 0 spiro atoms. The van der Waals surface area contributed by atoms with Gasteiger partial charge in [-0.1, -0.05) is 24.3 Å². The number of benzene rings is 1. The van der Waals surface area contributed by atoms with Gasteiger partial charge in [-0.05, 0) is 29.7 Å². The van der Waals surface area contributed by atoms with Crippen molar-refractivity contribution in [2.24, 2.45) is 0 Å². The van der Waals surface area contributed by atoms with E-state index in [1.54, 1.807) is 29.4 Å². The van der Waals surface area contributed by atoms with Crippen molar-refractivity contribution in [2.45, 2.75) is 24.9 Å². The van der Waals surface area contributed by atoms with Gasteiger partial charge in [0.1, 0.15) is 0 Å². The Kier molecular flexibility index (Phi) is 4.55. The number of carbonyl (C=O) groups is 1. The second-order valence-corrected chi connectivity index (χ2v) is 5.99. The molecule has 0 radical (unpaired) electrons. The van der Waals surface area contributed by atoms with Crippen molar-refractivity contribution in [1.29, 1.82) is 0 Å². The second-order valence-electron chi connectivity index (χ2n) is 5.99. The topological polar surface area (TPSA) is 33.2 Å². The molecule has 1 saturated heterocycles. The van der Waals surface area contributed by atoms with Crippen LogP contribution < -0.4 is 0 Å². The Morgan fingerprint density at radius 1 is 1.25 bits per heavy atom. The van der Waals surface area contributed by atoms with Crippen molar-refractivity contribution in [1.82, 2.24) is 9.88 Å². The SMILES string of the molecule is O=C(Cc1cccnc1)N1CC[C@H](c2cccc(C(F)(F)F)c2)C1. The van der Waals surface area contributed by atoms with Crippen molar-refractivity contribution >= 4 is 5.91 Å². The fourth-order valence-electron chi connectivity index (χ4n) is 3.02. The van der Waals surface area contributed by atoms with Crippen LogP contribution in [-0.4, -0.2) is 28.9 Å². The van der Waals surface area contributed by atoms with Crippen LogP contribution >= 0.6 is 0 Å². The molecule has 24 heavy (non-hydrogen) atoms. The monoisotopic (exact) mass is 334 g/mol. The summed E-state index contributed by atoms with van der Waals surface area (Å²) in [7, 11) is 0. The Bertz CT molecular complexity index is 716. The molecule has 1 atom stereocenters. The molecule has 0 aliphatic carbocycles. The van der Waals surface area contributed by atoms with Gasteiger partial charge in [0.25, 0.3) is 0 Å². The summed E-state index contributed by atoms with van der Waals surface area (Å²) in [4.78, 5) is 18.0. The number of amides is 1. The van der Waals surface area contributed by atoms with E-state index in [0.717, 1.165) is 11.6 Å². The number of pyridine rings is 1. The minimum Gasteiger partial charge on any atom is -0.342 e. The summed E-state index contributed by atoms with van der Waals surface area (Å²) >= 11 is 0. The molecule has 0 unspecified atom stereocenters. The molecule has 1 aliphatic heterocycles. The highest BCUT2D eigenvalue weighted by Crippen LogP contribution is 2.33. The zero-order chi connectivity index (χ0) is 17.2. The van der Waals surface area contributed by atoms with E-state index in [0.29, 0.717) is 25.1 Å². The van der Waals surface area contributed by atoms with Gasteiger partial charge in [-0.15, -0.1) is 0 Å². The molecular weight excluding hydrogens is 317 g/mol. The number of hydrogen-bond donors (Lipinski definition) is 0. The second kappa shape index (κ2) is 6.63. The van der Waals surface area contributed by atoms with Gasteiger partial charge >= 0.3 is 6.18 Å². The van der Waals surface area contributed by atoms with Gasteiger partial charge in [-0.2, -0.15) is 13.2 Å².